The highest BCUT2D eigenvalue weighted by Gasteiger charge is 2.18. The number of nitrogens with zero attached hydrogens (tertiary/aromatic N) is 3. The van der Waals surface area contributed by atoms with Crippen LogP contribution in [0.4, 0.5) is 0 Å². The molecule has 0 aliphatic heterocycles. The van der Waals surface area contributed by atoms with Crippen molar-refractivity contribution in [3.05, 3.63) is 96.3 Å². The summed E-state index contributed by atoms with van der Waals surface area (Å²) < 4.78 is 16.4. The average molecular weight is 417 g/mol. The first-order valence-corrected chi connectivity index (χ1v) is 10.1. The molecule has 31 heavy (non-hydrogen) atoms. The van der Waals surface area contributed by atoms with Crippen LogP contribution in [-0.2, 0) is 29.1 Å². The van der Waals surface area contributed by atoms with E-state index in [1.807, 2.05) is 66.7 Å². The molecule has 0 atom stereocenters. The molecule has 0 bridgehead atoms. The van der Waals surface area contributed by atoms with Crippen molar-refractivity contribution < 1.29 is 18.5 Å². The first-order chi connectivity index (χ1) is 15.3. The molecule has 1 amide bonds. The predicted molar refractivity (Wildman–Crippen MR) is 114 cm³/mol. The van der Waals surface area contributed by atoms with Crippen LogP contribution in [0.2, 0.25) is 0 Å². The second kappa shape index (κ2) is 10.4. The Morgan fingerprint density at radius 1 is 0.968 bits per heavy atom. The molecule has 0 N–H and O–H groups in total. The SMILES string of the molecule is O=C(COCc1ccccc1)N(CCc1nc(-c2ccccc2)no1)Cc1ccco1. The van der Waals surface area contributed by atoms with Gasteiger partial charge in [-0.1, -0.05) is 65.8 Å². The summed E-state index contributed by atoms with van der Waals surface area (Å²) in [5, 5.41) is 4.04. The third kappa shape index (κ3) is 5.90. The molecular formula is C24H23N3O4. The van der Waals surface area contributed by atoms with Crippen LogP contribution in [0.15, 0.2) is 88.0 Å². The molecular weight excluding hydrogens is 394 g/mol. The topological polar surface area (TPSA) is 81.6 Å². The van der Waals surface area contributed by atoms with Gasteiger partial charge < -0.3 is 18.6 Å². The highest BCUT2D eigenvalue weighted by molar-refractivity contribution is 5.77. The third-order valence-electron chi connectivity index (χ3n) is 4.71. The zero-order valence-corrected chi connectivity index (χ0v) is 17.0. The van der Waals surface area contributed by atoms with Crippen molar-refractivity contribution in [2.75, 3.05) is 13.2 Å². The largest absolute Gasteiger partial charge is 0.467 e. The fourth-order valence-corrected chi connectivity index (χ4v) is 3.10. The summed E-state index contributed by atoms with van der Waals surface area (Å²) in [6.07, 6.45) is 2.03. The minimum Gasteiger partial charge on any atom is -0.467 e. The number of ether oxygens (including phenoxy) is 1. The molecule has 4 rings (SSSR count). The zero-order valence-electron chi connectivity index (χ0n) is 17.0. The Labute approximate surface area is 180 Å². The van der Waals surface area contributed by atoms with Crippen molar-refractivity contribution in [3.63, 3.8) is 0 Å². The summed E-state index contributed by atoms with van der Waals surface area (Å²) in [4.78, 5) is 18.9. The van der Waals surface area contributed by atoms with E-state index in [9.17, 15) is 4.79 Å². The van der Waals surface area contributed by atoms with E-state index in [0.717, 1.165) is 11.1 Å². The van der Waals surface area contributed by atoms with Gasteiger partial charge in [-0.25, -0.2) is 0 Å². The van der Waals surface area contributed by atoms with E-state index in [4.69, 9.17) is 13.7 Å². The normalized spacial score (nSPS) is 10.8. The van der Waals surface area contributed by atoms with Gasteiger partial charge in [0.2, 0.25) is 17.6 Å². The Hall–Kier alpha value is -3.71. The maximum absolute atomic E-state index is 12.8. The van der Waals surface area contributed by atoms with Crippen molar-refractivity contribution in [2.45, 2.75) is 19.6 Å². The van der Waals surface area contributed by atoms with Gasteiger partial charge in [0, 0.05) is 18.5 Å². The molecule has 0 saturated heterocycles. The van der Waals surface area contributed by atoms with Crippen molar-refractivity contribution >= 4 is 5.91 Å². The Bertz CT molecular complexity index is 1060. The minimum atomic E-state index is -0.130. The van der Waals surface area contributed by atoms with E-state index < -0.39 is 0 Å². The van der Waals surface area contributed by atoms with Crippen molar-refractivity contribution in [3.8, 4) is 11.4 Å². The highest BCUT2D eigenvalue weighted by Crippen LogP contribution is 2.15. The van der Waals surface area contributed by atoms with Crippen LogP contribution in [0.1, 0.15) is 17.2 Å². The highest BCUT2D eigenvalue weighted by atomic mass is 16.5. The molecule has 0 unspecified atom stereocenters. The van der Waals surface area contributed by atoms with Gasteiger partial charge >= 0.3 is 0 Å². The van der Waals surface area contributed by atoms with Crippen molar-refractivity contribution in [1.29, 1.82) is 0 Å². The molecule has 0 spiro atoms. The molecule has 2 heterocycles. The van der Waals surface area contributed by atoms with E-state index in [1.165, 1.54) is 0 Å². The first-order valence-electron chi connectivity index (χ1n) is 10.1. The lowest BCUT2D eigenvalue weighted by molar-refractivity contribution is -0.137. The molecule has 0 aliphatic carbocycles. The van der Waals surface area contributed by atoms with Crippen molar-refractivity contribution in [1.82, 2.24) is 15.0 Å². The van der Waals surface area contributed by atoms with Gasteiger partial charge in [-0.3, -0.25) is 4.79 Å². The van der Waals surface area contributed by atoms with Gasteiger partial charge in [0.05, 0.1) is 19.4 Å². The molecule has 7 nitrogen and oxygen atoms in total. The lowest BCUT2D eigenvalue weighted by Gasteiger charge is -2.21. The summed E-state index contributed by atoms with van der Waals surface area (Å²) in [5.41, 5.74) is 1.91. The smallest absolute Gasteiger partial charge is 0.249 e. The molecule has 0 radical (unpaired) electrons. The molecule has 4 aromatic rings. The maximum atomic E-state index is 12.8. The van der Waals surface area contributed by atoms with Crippen molar-refractivity contribution in [2.24, 2.45) is 0 Å². The van der Waals surface area contributed by atoms with Crippen LogP contribution in [0.25, 0.3) is 11.4 Å². The summed E-state index contributed by atoms with van der Waals surface area (Å²) in [6.45, 7) is 1.12. The lowest BCUT2D eigenvalue weighted by atomic mass is 10.2. The van der Waals surface area contributed by atoms with Crippen LogP contribution in [0.5, 0.6) is 0 Å². The Morgan fingerprint density at radius 3 is 2.48 bits per heavy atom. The molecule has 7 heteroatoms. The third-order valence-corrected chi connectivity index (χ3v) is 4.71. The lowest BCUT2D eigenvalue weighted by Crippen LogP contribution is -2.35. The van der Waals surface area contributed by atoms with Gasteiger partial charge in [-0.2, -0.15) is 4.98 Å². The van der Waals surface area contributed by atoms with E-state index >= 15 is 0 Å². The molecule has 0 saturated carbocycles. The van der Waals surface area contributed by atoms with E-state index in [-0.39, 0.29) is 12.5 Å². The van der Waals surface area contributed by atoms with E-state index in [0.29, 0.717) is 43.6 Å². The molecule has 0 fully saturated rings. The quantitative estimate of drug-likeness (QED) is 0.386. The second-order valence-electron chi connectivity index (χ2n) is 7.00. The number of furan rings is 1. The number of carbonyl (C=O) groups is 1. The Kier molecular flexibility index (Phi) is 6.87. The number of amides is 1. The summed E-state index contributed by atoms with van der Waals surface area (Å²) in [5.74, 6) is 1.58. The number of hydrogen-bond donors (Lipinski definition) is 0. The van der Waals surface area contributed by atoms with Gasteiger partial charge in [0.15, 0.2) is 0 Å². The zero-order chi connectivity index (χ0) is 21.3. The average Bonchev–Trinajstić information content (AvgIpc) is 3.50. The van der Waals surface area contributed by atoms with E-state index in [2.05, 4.69) is 10.1 Å². The predicted octanol–water partition coefficient (Wildman–Crippen LogP) is 4.12. The fraction of sp³-hybridized carbons (Fsp3) is 0.208. The number of rotatable bonds is 10. The van der Waals surface area contributed by atoms with Gasteiger partial charge in [0.25, 0.3) is 0 Å². The second-order valence-corrected chi connectivity index (χ2v) is 7.00. The standard InChI is InChI=1S/C24H23N3O4/c28-23(18-29-17-19-8-3-1-4-9-19)27(16-21-12-7-15-30-21)14-13-22-25-24(26-31-22)20-10-5-2-6-11-20/h1-12,15H,13-14,16-18H2. The number of benzene rings is 2. The maximum Gasteiger partial charge on any atom is 0.249 e. The number of aromatic nitrogens is 2. The van der Waals surface area contributed by atoms with Crippen LogP contribution in [-0.4, -0.2) is 34.1 Å². The van der Waals surface area contributed by atoms with Crippen LogP contribution < -0.4 is 0 Å². The summed E-state index contributed by atoms with van der Waals surface area (Å²) >= 11 is 0. The Balaban J connectivity index is 1.35. The number of hydrogen-bond acceptors (Lipinski definition) is 6. The molecule has 158 valence electrons. The van der Waals surface area contributed by atoms with Gasteiger partial charge in [-0.15, -0.1) is 0 Å². The van der Waals surface area contributed by atoms with Gasteiger partial charge in [0.1, 0.15) is 12.4 Å². The molecule has 2 aromatic carbocycles. The monoisotopic (exact) mass is 417 g/mol. The van der Waals surface area contributed by atoms with E-state index in [1.54, 1.807) is 17.2 Å². The van der Waals surface area contributed by atoms with Crippen LogP contribution in [0, 0.1) is 0 Å². The molecule has 2 aromatic heterocycles. The fourth-order valence-electron chi connectivity index (χ4n) is 3.10. The van der Waals surface area contributed by atoms with Crippen LogP contribution >= 0.6 is 0 Å². The van der Waals surface area contributed by atoms with Crippen LogP contribution in [0.3, 0.4) is 0 Å². The van der Waals surface area contributed by atoms with Gasteiger partial charge in [-0.05, 0) is 17.7 Å². The first kappa shape index (κ1) is 20.6. The minimum absolute atomic E-state index is 0.0191. The molecule has 0 aliphatic rings. The number of carbonyl (C=O) groups excluding carboxylic acids is 1. The summed E-state index contributed by atoms with van der Waals surface area (Å²) in [6, 6.07) is 23.0. The Morgan fingerprint density at radius 2 is 1.74 bits per heavy atom. The summed E-state index contributed by atoms with van der Waals surface area (Å²) in [7, 11) is 0.